The van der Waals surface area contributed by atoms with Crippen LogP contribution in [0.5, 0.6) is 0 Å². The van der Waals surface area contributed by atoms with Crippen molar-refractivity contribution in [2.75, 3.05) is 0 Å². The van der Waals surface area contributed by atoms with Gasteiger partial charge in [0, 0.05) is 46.2 Å². The minimum Gasteiger partial charge on any atom is -0.481 e. The number of aromatic amines is 2. The summed E-state index contributed by atoms with van der Waals surface area (Å²) in [6.07, 6.45) is 16.9. The molecule has 10 heteroatoms. The third kappa shape index (κ3) is 8.77. The van der Waals surface area contributed by atoms with Gasteiger partial charge < -0.3 is 25.5 Å². The molecule has 1 saturated heterocycles. The maximum absolute atomic E-state index is 12.9. The number of allylic oxidation sites excluding steroid dienone is 3. The smallest absolute Gasteiger partial charge is 0.303 e. The van der Waals surface area contributed by atoms with Gasteiger partial charge in [0.2, 0.25) is 5.91 Å². The van der Waals surface area contributed by atoms with E-state index in [1.54, 1.807) is 6.08 Å². The molecule has 4 rings (SSSR count). The molecule has 2 aromatic rings. The molecule has 1 unspecified atom stereocenters. The quantitative estimate of drug-likeness (QED) is 0.131. The van der Waals surface area contributed by atoms with E-state index in [1.807, 2.05) is 52.0 Å². The molecule has 0 bridgehead atoms. The lowest BCUT2D eigenvalue weighted by molar-refractivity contribution is -0.138. The molecule has 1 fully saturated rings. The van der Waals surface area contributed by atoms with Crippen molar-refractivity contribution in [2.24, 2.45) is 10.9 Å². The van der Waals surface area contributed by atoms with Gasteiger partial charge in [0.05, 0.1) is 11.6 Å². The van der Waals surface area contributed by atoms with E-state index in [0.29, 0.717) is 39.8 Å². The topological polar surface area (TPSA) is 165 Å². The van der Waals surface area contributed by atoms with E-state index in [9.17, 15) is 29.4 Å². The Morgan fingerprint density at radius 1 is 0.840 bits per heavy atom. The fourth-order valence-corrected chi connectivity index (χ4v) is 6.82. The van der Waals surface area contributed by atoms with Crippen LogP contribution in [0.15, 0.2) is 46.1 Å². The predicted molar refractivity (Wildman–Crippen MR) is 197 cm³/mol. The van der Waals surface area contributed by atoms with E-state index in [2.05, 4.69) is 33.8 Å². The Morgan fingerprint density at radius 3 is 2.14 bits per heavy atom. The molecule has 1 atom stereocenters. The Balaban J connectivity index is 1.83. The molecule has 2 aromatic heterocycles. The summed E-state index contributed by atoms with van der Waals surface area (Å²) < 4.78 is 0. The Kier molecular flexibility index (Phi) is 12.9. The van der Waals surface area contributed by atoms with Crippen molar-refractivity contribution in [1.29, 1.82) is 0 Å². The standard InChI is InChI=1S/C40H50N4O6/c1-7-10-11-12-13-14-15-30-27(9-3)40(50)44-36(30)21-32-24(5)29(17-19-38(47)48)35(42-32)22-34-28(16-18-37(45)46)23(4)31(41-34)20-33-26(8-2)25(6)39(49)43-33/h8-9,20-22,25,41-42H,3,7,10-19H2,1-2,4-6H3,(H,43,49)(H,45,46)(H,47,48)/b26-8+,32-21+,33-20-,35-22-. The summed E-state index contributed by atoms with van der Waals surface area (Å²) in [7, 11) is 0. The van der Waals surface area contributed by atoms with Crippen LogP contribution in [0.1, 0.15) is 112 Å². The molecular weight excluding hydrogens is 632 g/mol. The second-order valence-corrected chi connectivity index (χ2v) is 13.1. The number of aliphatic carboxylic acids is 2. The molecule has 4 heterocycles. The highest BCUT2D eigenvalue weighted by atomic mass is 16.4. The molecule has 0 saturated carbocycles. The van der Waals surface area contributed by atoms with Crippen LogP contribution in [0, 0.1) is 19.8 Å². The number of rotatable bonds is 17. The summed E-state index contributed by atoms with van der Waals surface area (Å²) in [4.78, 5) is 59.9. The van der Waals surface area contributed by atoms with Gasteiger partial charge in [-0.15, -0.1) is 0 Å². The van der Waals surface area contributed by atoms with Crippen molar-refractivity contribution in [3.05, 3.63) is 85.5 Å². The van der Waals surface area contributed by atoms with Gasteiger partial charge in [-0.1, -0.05) is 57.8 Å². The van der Waals surface area contributed by atoms with Crippen LogP contribution in [-0.4, -0.2) is 49.6 Å². The number of carbonyl (C=O) groups is 4. The maximum Gasteiger partial charge on any atom is 0.303 e. The van der Waals surface area contributed by atoms with E-state index in [4.69, 9.17) is 0 Å². The van der Waals surface area contributed by atoms with Crippen LogP contribution in [0.4, 0.5) is 0 Å². The Morgan fingerprint density at radius 2 is 1.50 bits per heavy atom. The average Bonchev–Trinajstić information content (AvgIpc) is 3.72. The highest BCUT2D eigenvalue weighted by Crippen LogP contribution is 2.30. The minimum absolute atomic E-state index is 0.0781. The number of carboxylic acids is 2. The van der Waals surface area contributed by atoms with Crippen LogP contribution >= 0.6 is 0 Å². The predicted octanol–water partition coefficient (Wildman–Crippen LogP) is 5.87. The Labute approximate surface area is 293 Å². The van der Waals surface area contributed by atoms with Gasteiger partial charge >= 0.3 is 11.9 Å². The van der Waals surface area contributed by atoms with Crippen molar-refractivity contribution >= 4 is 47.7 Å². The second kappa shape index (κ2) is 17.1. The lowest BCUT2D eigenvalue weighted by atomic mass is 9.97. The lowest BCUT2D eigenvalue weighted by Crippen LogP contribution is -2.16. The van der Waals surface area contributed by atoms with Gasteiger partial charge in [-0.05, 0) is 105 Å². The van der Waals surface area contributed by atoms with Crippen molar-refractivity contribution in [3.63, 3.8) is 0 Å². The molecule has 5 N–H and O–H groups in total. The minimum atomic E-state index is -0.924. The van der Waals surface area contributed by atoms with Crippen LogP contribution in [0.25, 0.3) is 18.2 Å². The van der Waals surface area contributed by atoms with E-state index in [-0.39, 0.29) is 43.4 Å². The van der Waals surface area contributed by atoms with Gasteiger partial charge in [0.15, 0.2) is 0 Å². The summed E-state index contributed by atoms with van der Waals surface area (Å²) in [5.41, 5.74) is 8.29. The van der Waals surface area contributed by atoms with Crippen LogP contribution < -0.4 is 16.0 Å². The van der Waals surface area contributed by atoms with Crippen molar-refractivity contribution in [2.45, 2.75) is 105 Å². The van der Waals surface area contributed by atoms with Gasteiger partial charge in [0.1, 0.15) is 0 Å². The largest absolute Gasteiger partial charge is 0.481 e. The third-order valence-corrected chi connectivity index (χ3v) is 9.75. The first-order valence-electron chi connectivity index (χ1n) is 17.6. The number of hydrogen-bond donors (Lipinski definition) is 5. The van der Waals surface area contributed by atoms with Gasteiger partial charge in [-0.25, -0.2) is 4.99 Å². The highest BCUT2D eigenvalue weighted by molar-refractivity contribution is 6.31. The maximum atomic E-state index is 12.9. The van der Waals surface area contributed by atoms with Gasteiger partial charge in [-0.3, -0.25) is 19.2 Å². The summed E-state index contributed by atoms with van der Waals surface area (Å²) in [5.74, 6) is -2.52. The fourth-order valence-electron chi connectivity index (χ4n) is 6.82. The molecule has 266 valence electrons. The first kappa shape index (κ1) is 37.8. The molecule has 2 amide bonds. The molecule has 50 heavy (non-hydrogen) atoms. The Bertz CT molecular complexity index is 1930. The van der Waals surface area contributed by atoms with Gasteiger partial charge in [-0.2, -0.15) is 0 Å². The van der Waals surface area contributed by atoms with E-state index in [0.717, 1.165) is 58.4 Å². The van der Waals surface area contributed by atoms with E-state index < -0.39 is 11.9 Å². The molecule has 2 aliphatic rings. The van der Waals surface area contributed by atoms with Crippen molar-refractivity contribution in [3.8, 4) is 0 Å². The number of nitrogens with one attached hydrogen (secondary N) is 3. The van der Waals surface area contributed by atoms with Crippen LogP contribution in [0.2, 0.25) is 0 Å². The lowest BCUT2D eigenvalue weighted by Gasteiger charge is -2.05. The number of carbonyl (C=O) groups excluding carboxylic acids is 2. The SMILES string of the molecule is C=CC1=C(CCCCCCCC)C(/C=c2/[nH]/c(=C\c3[nH]c(/C=C4\NC(=O)C(C)\C4=C/C)c(C)c3CCC(=O)O)c(CCC(=O)O)c2C)=NC1=O. The first-order valence-corrected chi connectivity index (χ1v) is 17.6. The number of unbranched alkanes of at least 4 members (excludes halogenated alkanes) is 5. The number of carboxylic acid groups (broad SMARTS) is 2. The number of aromatic nitrogens is 2. The van der Waals surface area contributed by atoms with Crippen LogP contribution in [0.3, 0.4) is 0 Å². The summed E-state index contributed by atoms with van der Waals surface area (Å²) in [5, 5.41) is 23.4. The summed E-state index contributed by atoms with van der Waals surface area (Å²) in [6, 6.07) is 0. The van der Waals surface area contributed by atoms with Crippen molar-refractivity contribution in [1.82, 2.24) is 15.3 Å². The molecule has 2 aliphatic heterocycles. The molecular formula is C40H50N4O6. The number of hydrogen-bond acceptors (Lipinski definition) is 4. The zero-order valence-corrected chi connectivity index (χ0v) is 29.9. The number of aliphatic imine (C=N–C) groups is 1. The number of amides is 2. The molecule has 10 nitrogen and oxygen atoms in total. The third-order valence-electron chi connectivity index (χ3n) is 9.75. The molecule has 0 radical (unpaired) electrons. The number of H-pyrrole nitrogens is 2. The fraction of sp³-hybridized carbons (Fsp3) is 0.425. The van der Waals surface area contributed by atoms with Gasteiger partial charge in [0.25, 0.3) is 5.91 Å². The average molecular weight is 683 g/mol. The monoisotopic (exact) mass is 682 g/mol. The Hall–Kier alpha value is -4.99. The summed E-state index contributed by atoms with van der Waals surface area (Å²) >= 11 is 0. The first-order chi connectivity index (χ1) is 23.9. The zero-order chi connectivity index (χ0) is 36.5. The van der Waals surface area contributed by atoms with Crippen molar-refractivity contribution < 1.29 is 29.4 Å². The molecule has 0 aliphatic carbocycles. The highest BCUT2D eigenvalue weighted by Gasteiger charge is 2.29. The number of nitrogens with zero attached hydrogens (tertiary/aromatic N) is 1. The summed E-state index contributed by atoms with van der Waals surface area (Å²) in [6.45, 7) is 13.6. The zero-order valence-electron chi connectivity index (χ0n) is 29.9. The van der Waals surface area contributed by atoms with E-state index >= 15 is 0 Å². The normalized spacial score (nSPS) is 18.6. The van der Waals surface area contributed by atoms with Crippen LogP contribution in [-0.2, 0) is 32.0 Å². The molecule has 0 aromatic carbocycles. The molecule has 0 spiro atoms. The van der Waals surface area contributed by atoms with E-state index in [1.165, 1.54) is 19.3 Å². The second-order valence-electron chi connectivity index (χ2n) is 13.1.